The summed E-state index contributed by atoms with van der Waals surface area (Å²) < 4.78 is 93.2. The number of H-pyrrole nitrogens is 2. The molecule has 68 heavy (non-hydrogen) atoms. The van der Waals surface area contributed by atoms with E-state index in [4.69, 9.17) is 9.97 Å². The number of fused-ring (bicyclic) bond motifs is 8. The molecule has 0 aliphatic carbocycles. The van der Waals surface area contributed by atoms with Gasteiger partial charge in [-0.05, 0) is 198 Å². The summed E-state index contributed by atoms with van der Waals surface area (Å²) in [7, 11) is 0. The zero-order valence-electron chi connectivity index (χ0n) is 33.2. The number of aromatic nitrogens is 4. The maximum absolute atomic E-state index is 12.2. The minimum atomic E-state index is -2.26. The lowest BCUT2D eigenvalue weighted by molar-refractivity contribution is 0.563. The van der Waals surface area contributed by atoms with Crippen molar-refractivity contribution in [2.24, 2.45) is 0 Å². The molecule has 0 radical (unpaired) electrons. The Morgan fingerprint density at radius 1 is 0.324 bits per heavy atom. The van der Waals surface area contributed by atoms with Crippen molar-refractivity contribution in [2.75, 3.05) is 0 Å². The molecule has 0 saturated heterocycles. The van der Waals surface area contributed by atoms with Crippen LogP contribution in [0.25, 0.3) is 84.5 Å². The number of halogens is 8. The van der Waals surface area contributed by atoms with E-state index in [9.17, 15) is 35.0 Å². The maximum atomic E-state index is 12.2. The molecule has 0 amide bonds. The highest BCUT2D eigenvalue weighted by atomic mass is 79.9. The molecule has 12 nitrogen and oxygen atoms in total. The first kappa shape index (κ1) is 50.7. The molecule has 8 bridgehead atoms. The summed E-state index contributed by atoms with van der Waals surface area (Å²) in [4.78, 5) is 18.8. The Labute approximate surface area is 462 Å². The largest absolute Gasteiger partial charge is 0.352 e. The third-order valence-corrected chi connectivity index (χ3v) is 21.8. The van der Waals surface area contributed by atoms with Crippen LogP contribution in [-0.4, -0.2) is 55.0 Å². The molecule has 0 saturated carbocycles. The Bertz CT molecular complexity index is 3190. The van der Waals surface area contributed by atoms with Crippen LogP contribution in [0.2, 0.25) is 0 Å². The van der Waals surface area contributed by atoms with E-state index in [1.165, 1.54) is 0 Å². The molecule has 0 fully saturated rings. The van der Waals surface area contributed by atoms with Crippen molar-refractivity contribution in [1.29, 1.82) is 0 Å². The fraction of sp³-hybridized carbons (Fsp3) is 0. The first-order chi connectivity index (χ1) is 32.4. The Balaban J connectivity index is 1.58. The first-order valence-corrected chi connectivity index (χ1v) is 29.7. The Kier molecular flexibility index (Phi) is 15.2. The molecule has 3 aromatic heterocycles. The van der Waals surface area contributed by atoms with Crippen molar-refractivity contribution in [1.82, 2.24) is 19.9 Å². The lowest BCUT2D eigenvalue weighted by Gasteiger charge is -2.08. The zero-order chi connectivity index (χ0) is 48.6. The second kappa shape index (κ2) is 20.3. The van der Waals surface area contributed by atoms with Gasteiger partial charge in [0.25, 0.3) is 0 Å². The van der Waals surface area contributed by atoms with Crippen LogP contribution in [-0.2, 0) is 44.3 Å². The van der Waals surface area contributed by atoms with Gasteiger partial charge in [-0.1, -0.05) is 48.5 Å². The Hall–Kier alpha value is -2.24. The Morgan fingerprint density at radius 3 is 0.662 bits per heavy atom. The summed E-state index contributed by atoms with van der Waals surface area (Å²) in [6.07, 6.45) is 0. The van der Waals surface area contributed by atoms with E-state index in [1.807, 2.05) is 0 Å². The van der Waals surface area contributed by atoms with Gasteiger partial charge in [-0.3, -0.25) is 0 Å². The van der Waals surface area contributed by atoms with Gasteiger partial charge in [-0.2, -0.15) is 0 Å². The number of nitrogens with one attached hydrogen (secondary N) is 2. The van der Waals surface area contributed by atoms with Crippen LogP contribution in [0.4, 0.5) is 0 Å². The molecule has 24 heteroatoms. The van der Waals surface area contributed by atoms with Gasteiger partial charge in [0.2, 0.25) is 0 Å². The first-order valence-electron chi connectivity index (χ1n) is 18.9. The predicted molar refractivity (Wildman–Crippen MR) is 299 cm³/mol. The topological polar surface area (TPSA) is 207 Å². The quantitative estimate of drug-likeness (QED) is 0.0794. The van der Waals surface area contributed by atoms with E-state index in [0.717, 1.165) is 0 Å². The molecular formula is C44H22Br8N4O8S4. The minimum absolute atomic E-state index is 0.180. The summed E-state index contributed by atoms with van der Waals surface area (Å²) in [5.74, 6) is 0. The van der Waals surface area contributed by atoms with Gasteiger partial charge in [0.15, 0.2) is 44.3 Å². The minimum Gasteiger partial charge on any atom is -0.352 e. The molecule has 9 rings (SSSR count). The number of aromatic amines is 2. The lowest BCUT2D eigenvalue weighted by atomic mass is 10.0. The van der Waals surface area contributed by atoms with Gasteiger partial charge in [0.05, 0.1) is 100 Å². The lowest BCUT2D eigenvalue weighted by Crippen LogP contribution is -1.93. The molecule has 2 aliphatic heterocycles. The van der Waals surface area contributed by atoms with E-state index in [0.29, 0.717) is 125 Å². The van der Waals surface area contributed by atoms with Crippen LogP contribution in [0.3, 0.4) is 0 Å². The summed E-state index contributed by atoms with van der Waals surface area (Å²) in [6, 6.07) is 26.1. The van der Waals surface area contributed by atoms with Crippen LogP contribution in [0.1, 0.15) is 22.8 Å². The highest BCUT2D eigenvalue weighted by molar-refractivity contribution is 9.18. The van der Waals surface area contributed by atoms with Gasteiger partial charge in [-0.25, -0.2) is 26.8 Å². The molecule has 4 aromatic carbocycles. The fourth-order valence-corrected chi connectivity index (χ4v) is 13.0. The third-order valence-electron chi connectivity index (χ3n) is 10.8. The second-order valence-corrected chi connectivity index (χ2v) is 24.7. The maximum Gasteiger partial charge on any atom is 0.186 e. The molecule has 4 atom stereocenters. The predicted octanol–water partition coefficient (Wildman–Crippen LogP) is 15.6. The zero-order valence-corrected chi connectivity index (χ0v) is 49.2. The van der Waals surface area contributed by atoms with Crippen LogP contribution < -0.4 is 0 Å². The van der Waals surface area contributed by atoms with Gasteiger partial charge >= 0.3 is 0 Å². The summed E-state index contributed by atoms with van der Waals surface area (Å²) >= 11 is 22.0. The van der Waals surface area contributed by atoms with E-state index < -0.39 is 44.3 Å². The third kappa shape index (κ3) is 9.14. The molecule has 4 unspecified atom stereocenters. The summed E-state index contributed by atoms with van der Waals surface area (Å²) in [5, 5.41) is 0. The van der Waals surface area contributed by atoms with Gasteiger partial charge < -0.3 is 28.2 Å². The molecule has 7 aromatic rings. The van der Waals surface area contributed by atoms with Crippen molar-refractivity contribution < 1.29 is 35.0 Å². The monoisotopic (exact) mass is 1490 g/mol. The normalized spacial score (nSPS) is 14.6. The van der Waals surface area contributed by atoms with E-state index in [-0.39, 0.29) is 19.6 Å². The van der Waals surface area contributed by atoms with Gasteiger partial charge in [-0.15, -0.1) is 0 Å². The molecule has 0 spiro atoms. The van der Waals surface area contributed by atoms with Gasteiger partial charge in [0.1, 0.15) is 0 Å². The Morgan fingerprint density at radius 2 is 0.500 bits per heavy atom. The van der Waals surface area contributed by atoms with Crippen molar-refractivity contribution >= 4 is 212 Å². The number of hydrogen-bond acceptors (Lipinski definition) is 6. The summed E-state index contributed by atoms with van der Waals surface area (Å²) in [5.41, 5.74) is 8.46. The average molecular weight is 1500 g/mol. The van der Waals surface area contributed by atoms with Crippen molar-refractivity contribution in [2.45, 2.75) is 19.6 Å². The number of rotatable bonds is 8. The smallest absolute Gasteiger partial charge is 0.186 e. The SMILES string of the molecule is O=S(O)c1ccc(-c2c3nc(c(-c4ccc(S(=O)O)cc4)c4[nH]c(c(Br)c4Br)c(-c4ccc(S(=O)O)cc4)c4nc(c(-c5ccc(S(=O)O)cc5)c5[nH]c2c(Br)c5Br)C(Br)=C4Br)C(Br)=C3Br)cc1. The van der Waals surface area contributed by atoms with Crippen molar-refractivity contribution in [3.8, 4) is 44.5 Å². The van der Waals surface area contributed by atoms with Gasteiger partial charge in [0, 0.05) is 22.3 Å². The van der Waals surface area contributed by atoms with Crippen LogP contribution in [0.5, 0.6) is 0 Å². The highest BCUT2D eigenvalue weighted by Gasteiger charge is 2.31. The van der Waals surface area contributed by atoms with Crippen LogP contribution in [0, 0.1) is 0 Å². The molecular weight excluding hydrogens is 1480 g/mol. The van der Waals surface area contributed by atoms with Crippen molar-refractivity contribution in [3.63, 3.8) is 0 Å². The van der Waals surface area contributed by atoms with E-state index >= 15 is 0 Å². The van der Waals surface area contributed by atoms with E-state index in [1.54, 1.807) is 97.1 Å². The molecule has 346 valence electrons. The number of hydrogen-bond donors (Lipinski definition) is 6. The number of benzene rings is 4. The molecule has 5 heterocycles. The summed E-state index contributed by atoms with van der Waals surface area (Å²) in [6.45, 7) is 0. The van der Waals surface area contributed by atoms with Crippen LogP contribution >= 0.6 is 127 Å². The number of nitrogens with zero attached hydrogens (tertiary/aromatic N) is 2. The van der Waals surface area contributed by atoms with Crippen molar-refractivity contribution in [3.05, 3.63) is 138 Å². The fourth-order valence-electron chi connectivity index (χ4n) is 7.65. The highest BCUT2D eigenvalue weighted by Crippen LogP contribution is 2.53. The molecule has 2 aliphatic rings. The second-order valence-electron chi connectivity index (χ2n) is 14.5. The standard InChI is InChI=1S/C44H22Br8N4O8S4/c45-29-31(47)39-26(18-3-11-22(12-4-18)66(59)60)41-33(49)35(51)43(55-41)28(20-7-15-24(16-8-20)68(63)64)44-36(52)34(50)42(56-44)27(19-5-13-23(14-6-19)67(61)62)40-32(48)30(46)38(54-40)25(37(29)53-39)17-1-9-21(10-2-17)65(57)58/h1-16,53,56H,(H,57,58)(H,59,60)(H,61,62)(H,63,64). The van der Waals surface area contributed by atoms with E-state index in [2.05, 4.69) is 137 Å². The van der Waals surface area contributed by atoms with Crippen LogP contribution in [0.15, 0.2) is 135 Å². The molecule has 6 N–H and O–H groups in total. The average Bonchev–Trinajstić information content (AvgIpc) is 3.98.